The molecule has 0 unspecified atom stereocenters. The molecular formula is C17H15ClN2O. The SMILES string of the molecule is Clc1ccccc1NCCOc1ccc2cccnc2c1. The van der Waals surface area contributed by atoms with Crippen LogP contribution in [0, 0.1) is 0 Å². The van der Waals surface area contributed by atoms with Crippen molar-refractivity contribution in [1.29, 1.82) is 0 Å². The van der Waals surface area contributed by atoms with Crippen LogP contribution in [0.1, 0.15) is 0 Å². The Hall–Kier alpha value is -2.26. The predicted molar refractivity (Wildman–Crippen MR) is 87.2 cm³/mol. The Morgan fingerprint density at radius 1 is 1.05 bits per heavy atom. The number of rotatable bonds is 5. The quantitative estimate of drug-likeness (QED) is 0.710. The van der Waals surface area contributed by atoms with Gasteiger partial charge in [-0.1, -0.05) is 29.8 Å². The maximum atomic E-state index is 6.07. The molecule has 0 aliphatic rings. The van der Waals surface area contributed by atoms with Gasteiger partial charge in [-0.25, -0.2) is 0 Å². The molecule has 106 valence electrons. The lowest BCUT2D eigenvalue weighted by Gasteiger charge is -2.10. The predicted octanol–water partition coefficient (Wildman–Crippen LogP) is 4.38. The fourth-order valence-corrected chi connectivity index (χ4v) is 2.30. The third-order valence-electron chi connectivity index (χ3n) is 3.14. The first-order valence-corrected chi connectivity index (χ1v) is 7.17. The lowest BCUT2D eigenvalue weighted by molar-refractivity contribution is 0.333. The van der Waals surface area contributed by atoms with Gasteiger partial charge in [0.05, 0.1) is 16.2 Å². The van der Waals surface area contributed by atoms with Crippen LogP contribution in [-0.4, -0.2) is 18.1 Å². The molecule has 0 saturated heterocycles. The molecular weight excluding hydrogens is 284 g/mol. The molecule has 2 aromatic carbocycles. The number of aromatic nitrogens is 1. The normalized spacial score (nSPS) is 10.5. The molecule has 3 aromatic rings. The van der Waals surface area contributed by atoms with Gasteiger partial charge < -0.3 is 10.1 Å². The van der Waals surface area contributed by atoms with E-state index in [0.29, 0.717) is 18.2 Å². The zero-order valence-electron chi connectivity index (χ0n) is 11.4. The smallest absolute Gasteiger partial charge is 0.121 e. The van der Waals surface area contributed by atoms with Gasteiger partial charge in [0.2, 0.25) is 0 Å². The first-order valence-electron chi connectivity index (χ1n) is 6.79. The zero-order chi connectivity index (χ0) is 14.5. The number of pyridine rings is 1. The second-order valence-corrected chi connectivity index (χ2v) is 5.02. The fourth-order valence-electron chi connectivity index (χ4n) is 2.10. The van der Waals surface area contributed by atoms with Crippen LogP contribution in [0.4, 0.5) is 5.69 Å². The number of anilines is 1. The largest absolute Gasteiger partial charge is 0.492 e. The number of hydrogen-bond donors (Lipinski definition) is 1. The van der Waals surface area contributed by atoms with Crippen molar-refractivity contribution in [2.24, 2.45) is 0 Å². The highest BCUT2D eigenvalue weighted by Crippen LogP contribution is 2.21. The van der Waals surface area contributed by atoms with Gasteiger partial charge >= 0.3 is 0 Å². The molecule has 0 bridgehead atoms. The number of hydrogen-bond acceptors (Lipinski definition) is 3. The summed E-state index contributed by atoms with van der Waals surface area (Å²) < 4.78 is 5.73. The fraction of sp³-hybridized carbons (Fsp3) is 0.118. The Morgan fingerprint density at radius 3 is 2.86 bits per heavy atom. The van der Waals surface area contributed by atoms with E-state index in [0.717, 1.165) is 22.3 Å². The van der Waals surface area contributed by atoms with Crippen molar-refractivity contribution >= 4 is 28.2 Å². The number of para-hydroxylation sites is 1. The van der Waals surface area contributed by atoms with Crippen molar-refractivity contribution in [3.63, 3.8) is 0 Å². The van der Waals surface area contributed by atoms with E-state index in [4.69, 9.17) is 16.3 Å². The van der Waals surface area contributed by atoms with Crippen molar-refractivity contribution in [2.45, 2.75) is 0 Å². The van der Waals surface area contributed by atoms with E-state index in [1.54, 1.807) is 6.20 Å². The first-order chi connectivity index (χ1) is 10.3. The van der Waals surface area contributed by atoms with Crippen LogP contribution in [-0.2, 0) is 0 Å². The van der Waals surface area contributed by atoms with Gasteiger partial charge in [-0.3, -0.25) is 4.98 Å². The highest BCUT2D eigenvalue weighted by molar-refractivity contribution is 6.33. The molecule has 3 rings (SSSR count). The van der Waals surface area contributed by atoms with E-state index in [1.165, 1.54) is 0 Å². The summed E-state index contributed by atoms with van der Waals surface area (Å²) in [7, 11) is 0. The Bertz CT molecular complexity index is 745. The van der Waals surface area contributed by atoms with Gasteiger partial charge in [-0.05, 0) is 30.3 Å². The summed E-state index contributed by atoms with van der Waals surface area (Å²) >= 11 is 6.07. The molecule has 1 aromatic heterocycles. The molecule has 0 radical (unpaired) electrons. The number of nitrogens with one attached hydrogen (secondary N) is 1. The third-order valence-corrected chi connectivity index (χ3v) is 3.47. The molecule has 3 nitrogen and oxygen atoms in total. The zero-order valence-corrected chi connectivity index (χ0v) is 12.2. The van der Waals surface area contributed by atoms with Crippen LogP contribution in [0.3, 0.4) is 0 Å². The molecule has 4 heteroatoms. The molecule has 21 heavy (non-hydrogen) atoms. The Morgan fingerprint density at radius 2 is 1.95 bits per heavy atom. The summed E-state index contributed by atoms with van der Waals surface area (Å²) in [4.78, 5) is 4.32. The minimum absolute atomic E-state index is 0.559. The number of nitrogens with zero attached hydrogens (tertiary/aromatic N) is 1. The monoisotopic (exact) mass is 298 g/mol. The average molecular weight is 299 g/mol. The summed E-state index contributed by atoms with van der Waals surface area (Å²) in [6.07, 6.45) is 1.78. The van der Waals surface area contributed by atoms with Crippen LogP contribution >= 0.6 is 11.6 Å². The minimum atomic E-state index is 0.559. The average Bonchev–Trinajstić information content (AvgIpc) is 2.53. The second-order valence-electron chi connectivity index (χ2n) is 4.61. The van der Waals surface area contributed by atoms with E-state index in [9.17, 15) is 0 Å². The summed E-state index contributed by atoms with van der Waals surface area (Å²) in [6, 6.07) is 17.5. The molecule has 0 fully saturated rings. The highest BCUT2D eigenvalue weighted by Gasteiger charge is 1.99. The van der Waals surface area contributed by atoms with Crippen LogP contribution in [0.25, 0.3) is 10.9 Å². The minimum Gasteiger partial charge on any atom is -0.492 e. The van der Waals surface area contributed by atoms with Crippen LogP contribution < -0.4 is 10.1 Å². The number of halogens is 1. The van der Waals surface area contributed by atoms with Crippen molar-refractivity contribution < 1.29 is 4.74 Å². The van der Waals surface area contributed by atoms with Gasteiger partial charge in [0, 0.05) is 24.2 Å². The van der Waals surface area contributed by atoms with Crippen LogP contribution in [0.2, 0.25) is 5.02 Å². The molecule has 0 spiro atoms. The van der Waals surface area contributed by atoms with Crippen molar-refractivity contribution in [1.82, 2.24) is 4.98 Å². The third kappa shape index (κ3) is 3.44. The van der Waals surface area contributed by atoms with E-state index in [-0.39, 0.29) is 0 Å². The second kappa shape index (κ2) is 6.46. The topological polar surface area (TPSA) is 34.1 Å². The van der Waals surface area contributed by atoms with Crippen LogP contribution in [0.15, 0.2) is 60.8 Å². The summed E-state index contributed by atoms with van der Waals surface area (Å²) in [5, 5.41) is 5.07. The molecule has 0 aliphatic carbocycles. The van der Waals surface area contributed by atoms with Gasteiger partial charge in [-0.2, -0.15) is 0 Å². The van der Waals surface area contributed by atoms with Crippen LogP contribution in [0.5, 0.6) is 5.75 Å². The number of benzene rings is 2. The molecule has 0 aliphatic heterocycles. The van der Waals surface area contributed by atoms with Gasteiger partial charge in [0.1, 0.15) is 12.4 Å². The molecule has 0 amide bonds. The summed E-state index contributed by atoms with van der Waals surface area (Å²) in [5.41, 5.74) is 1.86. The number of ether oxygens (including phenoxy) is 1. The summed E-state index contributed by atoms with van der Waals surface area (Å²) in [5.74, 6) is 0.821. The molecule has 0 atom stereocenters. The highest BCUT2D eigenvalue weighted by atomic mass is 35.5. The Labute approximate surface area is 128 Å². The maximum Gasteiger partial charge on any atom is 0.121 e. The molecule has 0 saturated carbocycles. The van der Waals surface area contributed by atoms with E-state index in [1.807, 2.05) is 54.6 Å². The molecule has 1 heterocycles. The van der Waals surface area contributed by atoms with Crippen molar-refractivity contribution in [2.75, 3.05) is 18.5 Å². The maximum absolute atomic E-state index is 6.07. The van der Waals surface area contributed by atoms with Gasteiger partial charge in [0.25, 0.3) is 0 Å². The van der Waals surface area contributed by atoms with E-state index >= 15 is 0 Å². The lowest BCUT2D eigenvalue weighted by Crippen LogP contribution is -2.11. The lowest BCUT2D eigenvalue weighted by atomic mass is 10.2. The Kier molecular flexibility index (Phi) is 4.22. The first kappa shape index (κ1) is 13.7. The van der Waals surface area contributed by atoms with Crippen molar-refractivity contribution in [3.8, 4) is 5.75 Å². The Balaban J connectivity index is 1.56. The molecule has 1 N–H and O–H groups in total. The van der Waals surface area contributed by atoms with E-state index < -0.39 is 0 Å². The van der Waals surface area contributed by atoms with E-state index in [2.05, 4.69) is 10.3 Å². The van der Waals surface area contributed by atoms with Gasteiger partial charge in [0.15, 0.2) is 0 Å². The standard InChI is InChI=1S/C17H15ClN2O/c18-15-5-1-2-6-16(15)20-10-11-21-14-8-7-13-4-3-9-19-17(13)12-14/h1-9,12,20H,10-11H2. The van der Waals surface area contributed by atoms with Gasteiger partial charge in [-0.15, -0.1) is 0 Å². The number of fused-ring (bicyclic) bond motifs is 1. The summed E-state index contributed by atoms with van der Waals surface area (Å²) in [6.45, 7) is 1.24. The van der Waals surface area contributed by atoms with Crippen molar-refractivity contribution in [3.05, 3.63) is 65.8 Å².